The van der Waals surface area contributed by atoms with Gasteiger partial charge in [-0.2, -0.15) is 4.98 Å². The third kappa shape index (κ3) is 4.39. The van der Waals surface area contributed by atoms with Crippen molar-refractivity contribution in [1.29, 1.82) is 0 Å². The zero-order valence-corrected chi connectivity index (χ0v) is 24.4. The molecule has 0 saturated carbocycles. The summed E-state index contributed by atoms with van der Waals surface area (Å²) < 4.78 is 17.0. The van der Waals surface area contributed by atoms with E-state index in [0.29, 0.717) is 46.6 Å². The van der Waals surface area contributed by atoms with Crippen molar-refractivity contribution in [3.8, 4) is 5.69 Å². The molecule has 1 unspecified atom stereocenters. The molecule has 1 fully saturated rings. The van der Waals surface area contributed by atoms with Crippen molar-refractivity contribution in [3.63, 3.8) is 0 Å². The van der Waals surface area contributed by atoms with E-state index >= 15 is 4.39 Å². The monoisotopic (exact) mass is 635 g/mol. The second-order valence-electron chi connectivity index (χ2n) is 9.61. The lowest BCUT2D eigenvalue weighted by Gasteiger charge is -2.40. The van der Waals surface area contributed by atoms with Gasteiger partial charge in [0.2, 0.25) is 5.91 Å². The number of rotatable bonds is 4. The standard InChI is InChI=1S/C28H23BrFN7O3S/c1-4-20(38)35-10-11-36(14(2)13-35)25-16-12-18-22(21-15(27(39)32-18)6-5-7-17(21)30)33-26(16)37(28(40)34-25)23-19(41-3)8-9-31-24(23)29/h4-9,12,14H,1,10-11,13H2,2-3H3,(H,32,39). The van der Waals surface area contributed by atoms with Crippen LogP contribution in [0.4, 0.5) is 10.2 Å². The number of aromatic nitrogens is 5. The second-order valence-corrected chi connectivity index (χ2v) is 11.2. The highest BCUT2D eigenvalue weighted by Crippen LogP contribution is 2.35. The molecule has 1 amide bonds. The van der Waals surface area contributed by atoms with Crippen molar-refractivity contribution in [2.45, 2.75) is 17.9 Å². The zero-order chi connectivity index (χ0) is 29.0. The molecular weight excluding hydrogens is 613 g/mol. The first-order chi connectivity index (χ1) is 19.7. The van der Waals surface area contributed by atoms with Gasteiger partial charge >= 0.3 is 5.69 Å². The van der Waals surface area contributed by atoms with E-state index in [1.807, 2.05) is 18.1 Å². The Balaban J connectivity index is 1.71. The van der Waals surface area contributed by atoms with E-state index in [0.717, 1.165) is 4.90 Å². The number of carbonyl (C=O) groups is 1. The van der Waals surface area contributed by atoms with E-state index in [4.69, 9.17) is 4.98 Å². The molecule has 1 aliphatic heterocycles. The van der Waals surface area contributed by atoms with E-state index in [2.05, 4.69) is 37.5 Å². The number of nitrogens with zero attached hydrogens (tertiary/aromatic N) is 6. The Labute approximate surface area is 245 Å². The predicted octanol–water partition coefficient (Wildman–Crippen LogP) is 4.02. The summed E-state index contributed by atoms with van der Waals surface area (Å²) in [4.78, 5) is 60.0. The number of fused-ring (bicyclic) bond motifs is 4. The fourth-order valence-electron chi connectivity index (χ4n) is 5.36. The van der Waals surface area contributed by atoms with Crippen LogP contribution in [0.5, 0.6) is 0 Å². The van der Waals surface area contributed by atoms with Crippen LogP contribution in [0.1, 0.15) is 6.92 Å². The number of benzene rings is 1. The Morgan fingerprint density at radius 2 is 2.02 bits per heavy atom. The Morgan fingerprint density at radius 3 is 2.76 bits per heavy atom. The van der Waals surface area contributed by atoms with E-state index < -0.39 is 17.1 Å². The summed E-state index contributed by atoms with van der Waals surface area (Å²) in [5.41, 5.74) is 0.122. The molecule has 0 aliphatic carbocycles. The minimum atomic E-state index is -0.602. The largest absolute Gasteiger partial charge is 0.355 e. The smallest absolute Gasteiger partial charge is 0.350 e. The van der Waals surface area contributed by atoms with E-state index in [1.165, 1.54) is 40.6 Å². The third-order valence-electron chi connectivity index (χ3n) is 7.26. The molecule has 13 heteroatoms. The van der Waals surface area contributed by atoms with Gasteiger partial charge in [0, 0.05) is 36.8 Å². The molecule has 0 bridgehead atoms. The molecule has 1 atom stereocenters. The Hall–Kier alpha value is -4.10. The minimum absolute atomic E-state index is 0.0609. The molecule has 0 radical (unpaired) electrons. The van der Waals surface area contributed by atoms with E-state index in [9.17, 15) is 14.4 Å². The number of aromatic amines is 1. The first kappa shape index (κ1) is 27.1. The molecular formula is C28H23BrFN7O3S. The molecule has 1 aliphatic rings. The number of H-pyrrole nitrogens is 1. The molecule has 0 spiro atoms. The van der Waals surface area contributed by atoms with E-state index in [-0.39, 0.29) is 33.9 Å². The van der Waals surface area contributed by atoms with Gasteiger partial charge in [0.25, 0.3) is 5.56 Å². The summed E-state index contributed by atoms with van der Waals surface area (Å²) >= 11 is 4.90. The molecule has 6 rings (SSSR count). The number of halogens is 2. The average Bonchev–Trinajstić information content (AvgIpc) is 2.96. The average molecular weight is 637 g/mol. The van der Waals surface area contributed by atoms with Crippen LogP contribution in [0.3, 0.4) is 0 Å². The molecule has 10 nitrogen and oxygen atoms in total. The van der Waals surface area contributed by atoms with Gasteiger partial charge in [0.05, 0.1) is 27.4 Å². The summed E-state index contributed by atoms with van der Waals surface area (Å²) in [5.74, 6) is -0.415. The topological polar surface area (TPSA) is 117 Å². The fraction of sp³-hybridized carbons (Fsp3) is 0.214. The highest BCUT2D eigenvalue weighted by Gasteiger charge is 2.30. The normalized spacial score (nSPS) is 15.7. The van der Waals surface area contributed by atoms with Crippen molar-refractivity contribution in [2.75, 3.05) is 30.8 Å². The van der Waals surface area contributed by atoms with Gasteiger partial charge in [-0.25, -0.2) is 23.7 Å². The number of amides is 1. The number of carbonyl (C=O) groups excluding carboxylic acids is 1. The maximum atomic E-state index is 15.2. The molecule has 1 aromatic carbocycles. The lowest BCUT2D eigenvalue weighted by Crippen LogP contribution is -2.54. The lowest BCUT2D eigenvalue weighted by atomic mass is 10.1. The minimum Gasteiger partial charge on any atom is -0.350 e. The van der Waals surface area contributed by atoms with Crippen LogP contribution >= 0.6 is 27.7 Å². The second kappa shape index (κ2) is 10.4. The number of thioether (sulfide) groups is 1. The SMILES string of the molecule is C=CC(=O)N1CCN(c2nc(=O)n(-c3c(SC)ccnc3Br)c3nc4c(cc23)[nH]c(=O)c2cccc(F)c24)C(C)C1. The molecule has 1 N–H and O–H groups in total. The Kier molecular flexibility index (Phi) is 6.86. The highest BCUT2D eigenvalue weighted by atomic mass is 79.9. The van der Waals surface area contributed by atoms with Crippen LogP contribution in [-0.4, -0.2) is 67.2 Å². The van der Waals surface area contributed by atoms with Crippen molar-refractivity contribution in [2.24, 2.45) is 0 Å². The summed E-state index contributed by atoms with van der Waals surface area (Å²) in [6.45, 7) is 6.72. The maximum Gasteiger partial charge on any atom is 0.355 e. The Morgan fingerprint density at radius 1 is 1.22 bits per heavy atom. The van der Waals surface area contributed by atoms with Crippen LogP contribution in [0, 0.1) is 5.82 Å². The first-order valence-corrected chi connectivity index (χ1v) is 14.7. The van der Waals surface area contributed by atoms with Gasteiger partial charge in [-0.15, -0.1) is 11.8 Å². The summed E-state index contributed by atoms with van der Waals surface area (Å²) in [6.07, 6.45) is 4.78. The number of hydrogen-bond acceptors (Lipinski definition) is 8. The van der Waals surface area contributed by atoms with Crippen molar-refractivity contribution in [3.05, 3.63) is 80.4 Å². The van der Waals surface area contributed by atoms with Crippen LogP contribution in [-0.2, 0) is 4.79 Å². The molecule has 5 aromatic rings. The molecule has 5 heterocycles. The van der Waals surface area contributed by atoms with Gasteiger partial charge in [-0.1, -0.05) is 12.6 Å². The highest BCUT2D eigenvalue weighted by molar-refractivity contribution is 9.10. The van der Waals surface area contributed by atoms with Gasteiger partial charge in [-0.3, -0.25) is 9.59 Å². The van der Waals surface area contributed by atoms with Gasteiger partial charge in [0.1, 0.15) is 21.8 Å². The fourth-order valence-corrected chi connectivity index (χ4v) is 6.58. The van der Waals surface area contributed by atoms with Gasteiger partial charge in [-0.05, 0) is 59.5 Å². The zero-order valence-electron chi connectivity index (χ0n) is 22.0. The molecule has 41 heavy (non-hydrogen) atoms. The molecule has 208 valence electrons. The van der Waals surface area contributed by atoms with Gasteiger partial charge in [0.15, 0.2) is 5.65 Å². The maximum absolute atomic E-state index is 15.2. The number of hydrogen-bond donors (Lipinski definition) is 1. The predicted molar refractivity (Wildman–Crippen MR) is 162 cm³/mol. The quantitative estimate of drug-likeness (QED) is 0.103. The van der Waals surface area contributed by atoms with Crippen LogP contribution in [0.25, 0.3) is 38.5 Å². The molecule has 4 aromatic heterocycles. The van der Waals surface area contributed by atoms with Crippen molar-refractivity contribution < 1.29 is 9.18 Å². The summed E-state index contributed by atoms with van der Waals surface area (Å²) in [5, 5.41) is 0.684. The van der Waals surface area contributed by atoms with Crippen molar-refractivity contribution >= 4 is 72.3 Å². The first-order valence-electron chi connectivity index (χ1n) is 12.7. The number of pyridine rings is 3. The lowest BCUT2D eigenvalue weighted by molar-refractivity contribution is -0.126. The van der Waals surface area contributed by atoms with Crippen molar-refractivity contribution in [1.82, 2.24) is 29.4 Å². The summed E-state index contributed by atoms with van der Waals surface area (Å²) in [6, 6.07) is 7.53. The van der Waals surface area contributed by atoms with Crippen LogP contribution in [0.2, 0.25) is 0 Å². The summed E-state index contributed by atoms with van der Waals surface area (Å²) in [7, 11) is 0. The molecule has 1 saturated heterocycles. The van der Waals surface area contributed by atoms with Crippen LogP contribution < -0.4 is 16.1 Å². The van der Waals surface area contributed by atoms with Crippen LogP contribution in [0.15, 0.2) is 68.3 Å². The number of anilines is 1. The van der Waals surface area contributed by atoms with E-state index in [1.54, 1.807) is 23.2 Å². The third-order valence-corrected chi connectivity index (χ3v) is 8.61. The Bertz CT molecular complexity index is 2030. The van der Waals surface area contributed by atoms with Gasteiger partial charge < -0.3 is 14.8 Å². The number of nitrogens with one attached hydrogen (secondary N) is 1. The number of piperazine rings is 1.